The van der Waals surface area contributed by atoms with E-state index in [1.807, 2.05) is 0 Å². The number of amidine groups is 1. The van der Waals surface area contributed by atoms with Crippen LogP contribution in [-0.4, -0.2) is 23.0 Å². The van der Waals surface area contributed by atoms with Crippen LogP contribution in [0.1, 0.15) is 45.4 Å². The minimum atomic E-state index is -0.0596. The molecule has 0 aliphatic carbocycles. The Balaban J connectivity index is 0.00000289. The molecule has 0 aromatic carbocycles. The van der Waals surface area contributed by atoms with Crippen molar-refractivity contribution in [1.29, 1.82) is 5.41 Å². The highest BCUT2D eigenvalue weighted by Gasteiger charge is 2.33. The van der Waals surface area contributed by atoms with Gasteiger partial charge in [0, 0.05) is 5.75 Å². The highest BCUT2D eigenvalue weighted by Crippen LogP contribution is 2.28. The number of hydrogen-bond donors (Lipinski definition) is 2. The fourth-order valence-corrected chi connectivity index (χ4v) is 2.63. The van der Waals surface area contributed by atoms with Gasteiger partial charge in [0.05, 0.1) is 5.92 Å². The third-order valence-electron chi connectivity index (χ3n) is 2.99. The largest absolute Gasteiger partial charge is 0.461 e. The average molecular weight is 339 g/mol. The summed E-state index contributed by atoms with van der Waals surface area (Å²) in [5.41, 5.74) is 5.26. The van der Waals surface area contributed by atoms with Crippen LogP contribution in [0.15, 0.2) is 0 Å². The first-order valence-electron chi connectivity index (χ1n) is 6.30. The predicted octanol–water partition coefficient (Wildman–Crippen LogP) is 3.09. The standard InChI is InChI=1S/C12H22N2O2S.BrH/c1-2-3-4-5-6-9-7-10(16-11(9)15)8-17-12(13)14;/h9-10H,2-8H2,1H3,(H3,13,14);1H. The van der Waals surface area contributed by atoms with Crippen LogP contribution in [0.4, 0.5) is 0 Å². The third-order valence-corrected chi connectivity index (χ3v) is 3.84. The minimum absolute atomic E-state index is 0. The van der Waals surface area contributed by atoms with Crippen molar-refractivity contribution < 1.29 is 9.53 Å². The van der Waals surface area contributed by atoms with E-state index in [1.54, 1.807) is 0 Å². The first-order chi connectivity index (χ1) is 8.13. The second-order valence-corrected chi connectivity index (χ2v) is 5.58. The van der Waals surface area contributed by atoms with Crippen molar-refractivity contribution >= 4 is 39.9 Å². The molecule has 4 nitrogen and oxygen atoms in total. The Kier molecular flexibility index (Phi) is 9.54. The molecule has 6 heteroatoms. The van der Waals surface area contributed by atoms with Crippen LogP contribution in [-0.2, 0) is 9.53 Å². The van der Waals surface area contributed by atoms with Gasteiger partial charge >= 0.3 is 5.97 Å². The summed E-state index contributed by atoms with van der Waals surface area (Å²) in [5.74, 6) is 0.632. The van der Waals surface area contributed by atoms with Crippen molar-refractivity contribution in [3.05, 3.63) is 0 Å². The van der Waals surface area contributed by atoms with Gasteiger partial charge < -0.3 is 10.5 Å². The van der Waals surface area contributed by atoms with Crippen LogP contribution in [0.2, 0.25) is 0 Å². The Labute approximate surface area is 124 Å². The molecule has 0 bridgehead atoms. The van der Waals surface area contributed by atoms with E-state index in [4.69, 9.17) is 15.9 Å². The van der Waals surface area contributed by atoms with E-state index in [1.165, 1.54) is 31.0 Å². The minimum Gasteiger partial charge on any atom is -0.461 e. The summed E-state index contributed by atoms with van der Waals surface area (Å²) in [6.07, 6.45) is 6.46. The number of unbranched alkanes of at least 4 members (excludes halogenated alkanes) is 3. The second kappa shape index (κ2) is 9.67. The molecule has 0 amide bonds. The molecule has 3 N–H and O–H groups in total. The number of nitrogens with one attached hydrogen (secondary N) is 1. The third kappa shape index (κ3) is 6.64. The number of hydrogen-bond acceptors (Lipinski definition) is 4. The zero-order valence-electron chi connectivity index (χ0n) is 10.8. The summed E-state index contributed by atoms with van der Waals surface area (Å²) in [7, 11) is 0. The van der Waals surface area contributed by atoms with Crippen LogP contribution < -0.4 is 5.73 Å². The lowest BCUT2D eigenvalue weighted by molar-refractivity contribution is -0.143. The molecular weight excluding hydrogens is 316 g/mol. The maximum absolute atomic E-state index is 11.6. The maximum atomic E-state index is 11.6. The van der Waals surface area contributed by atoms with Crippen LogP contribution in [0.5, 0.6) is 0 Å². The van der Waals surface area contributed by atoms with Crippen LogP contribution in [0.25, 0.3) is 0 Å². The monoisotopic (exact) mass is 338 g/mol. The number of nitrogens with two attached hydrogens (primary N) is 1. The summed E-state index contributed by atoms with van der Waals surface area (Å²) in [5, 5.41) is 7.21. The average Bonchev–Trinajstić information content (AvgIpc) is 2.63. The number of cyclic esters (lactones) is 1. The number of rotatable bonds is 7. The topological polar surface area (TPSA) is 76.2 Å². The van der Waals surface area contributed by atoms with Crippen molar-refractivity contribution in [3.63, 3.8) is 0 Å². The van der Waals surface area contributed by atoms with Gasteiger partial charge in [-0.15, -0.1) is 17.0 Å². The maximum Gasteiger partial charge on any atom is 0.309 e. The SMILES string of the molecule is Br.CCCCCCC1CC(CSC(=N)N)OC1=O. The Morgan fingerprint density at radius 3 is 2.83 bits per heavy atom. The van der Waals surface area contributed by atoms with Crippen LogP contribution >= 0.6 is 28.7 Å². The van der Waals surface area contributed by atoms with Crippen LogP contribution in [0, 0.1) is 11.3 Å². The highest BCUT2D eigenvalue weighted by molar-refractivity contribution is 8.93. The summed E-state index contributed by atoms with van der Waals surface area (Å²) in [6.45, 7) is 2.18. The van der Waals surface area contributed by atoms with E-state index in [2.05, 4.69) is 6.92 Å². The van der Waals surface area contributed by atoms with Gasteiger partial charge in [0.1, 0.15) is 6.10 Å². The number of carbonyl (C=O) groups excluding carboxylic acids is 1. The van der Waals surface area contributed by atoms with E-state index >= 15 is 0 Å². The van der Waals surface area contributed by atoms with Gasteiger partial charge in [-0.05, 0) is 12.8 Å². The molecule has 18 heavy (non-hydrogen) atoms. The summed E-state index contributed by atoms with van der Waals surface area (Å²) in [4.78, 5) is 11.6. The lowest BCUT2D eigenvalue weighted by atomic mass is 9.98. The Morgan fingerprint density at radius 1 is 1.50 bits per heavy atom. The van der Waals surface area contributed by atoms with Crippen molar-refractivity contribution in [2.75, 3.05) is 5.75 Å². The molecule has 2 unspecified atom stereocenters. The summed E-state index contributed by atoms with van der Waals surface area (Å²) >= 11 is 1.25. The van der Waals surface area contributed by atoms with Gasteiger partial charge in [0.2, 0.25) is 0 Å². The molecule has 106 valence electrons. The zero-order chi connectivity index (χ0) is 12.7. The molecule has 0 saturated carbocycles. The predicted molar refractivity (Wildman–Crippen MR) is 81.4 cm³/mol. The molecule has 0 aromatic rings. The molecule has 1 saturated heterocycles. The quantitative estimate of drug-likeness (QED) is 0.323. The smallest absolute Gasteiger partial charge is 0.309 e. The number of ether oxygens (including phenoxy) is 1. The van der Waals surface area contributed by atoms with E-state index in [9.17, 15) is 4.79 Å². The Hall–Kier alpha value is -0.230. The number of halogens is 1. The highest BCUT2D eigenvalue weighted by atomic mass is 79.9. The number of esters is 1. The lowest BCUT2D eigenvalue weighted by Crippen LogP contribution is -2.14. The molecule has 0 spiro atoms. The van der Waals surface area contributed by atoms with E-state index in [0.717, 1.165) is 19.3 Å². The molecule has 1 rings (SSSR count). The molecule has 2 atom stereocenters. The zero-order valence-corrected chi connectivity index (χ0v) is 13.3. The van der Waals surface area contributed by atoms with Crippen molar-refractivity contribution in [3.8, 4) is 0 Å². The molecular formula is C12H23BrN2O2S. The summed E-state index contributed by atoms with van der Waals surface area (Å²) < 4.78 is 5.27. The fourth-order valence-electron chi connectivity index (χ4n) is 2.06. The van der Waals surface area contributed by atoms with Crippen molar-refractivity contribution in [2.45, 2.75) is 51.6 Å². The number of carbonyl (C=O) groups is 1. The van der Waals surface area contributed by atoms with Crippen molar-refractivity contribution in [2.24, 2.45) is 11.7 Å². The molecule has 1 aliphatic rings. The van der Waals surface area contributed by atoms with Crippen molar-refractivity contribution in [1.82, 2.24) is 0 Å². The Morgan fingerprint density at radius 2 is 2.22 bits per heavy atom. The van der Waals surface area contributed by atoms with Gasteiger partial charge in [-0.3, -0.25) is 10.2 Å². The van der Waals surface area contributed by atoms with Gasteiger partial charge in [0.25, 0.3) is 0 Å². The van der Waals surface area contributed by atoms with Gasteiger partial charge in [-0.2, -0.15) is 0 Å². The number of thioether (sulfide) groups is 1. The van der Waals surface area contributed by atoms with Gasteiger partial charge in [-0.1, -0.05) is 44.4 Å². The van der Waals surface area contributed by atoms with Gasteiger partial charge in [-0.25, -0.2) is 0 Å². The van der Waals surface area contributed by atoms with Crippen LogP contribution in [0.3, 0.4) is 0 Å². The normalized spacial score (nSPS) is 22.4. The van der Waals surface area contributed by atoms with Gasteiger partial charge in [0.15, 0.2) is 5.17 Å². The Bertz CT molecular complexity index is 277. The van der Waals surface area contributed by atoms with E-state index < -0.39 is 0 Å². The molecule has 0 radical (unpaired) electrons. The molecule has 1 fully saturated rings. The molecule has 1 aliphatic heterocycles. The first kappa shape index (κ1) is 17.8. The van der Waals surface area contributed by atoms with E-state index in [0.29, 0.717) is 5.75 Å². The first-order valence-corrected chi connectivity index (χ1v) is 7.29. The fraction of sp³-hybridized carbons (Fsp3) is 0.833. The van der Waals surface area contributed by atoms with E-state index in [-0.39, 0.29) is 40.1 Å². The lowest BCUT2D eigenvalue weighted by Gasteiger charge is -2.06. The molecule has 1 heterocycles. The molecule has 0 aromatic heterocycles. The second-order valence-electron chi connectivity index (χ2n) is 4.52. The summed E-state index contributed by atoms with van der Waals surface area (Å²) in [6, 6.07) is 0.